The van der Waals surface area contributed by atoms with Crippen molar-refractivity contribution in [3.63, 3.8) is 0 Å². The minimum atomic E-state index is -0.499. The number of anilines is 2. The van der Waals surface area contributed by atoms with Gasteiger partial charge in [-0.15, -0.1) is 11.3 Å². The van der Waals surface area contributed by atoms with E-state index in [1.165, 1.54) is 36.6 Å². The van der Waals surface area contributed by atoms with Crippen LogP contribution in [0.4, 0.5) is 15.8 Å². The van der Waals surface area contributed by atoms with Crippen molar-refractivity contribution in [2.24, 2.45) is 0 Å². The zero-order valence-electron chi connectivity index (χ0n) is 15.6. The Balaban J connectivity index is 1.51. The molecular formula is C21H18FN3O3S. The van der Waals surface area contributed by atoms with Crippen LogP contribution in [0.5, 0.6) is 5.75 Å². The van der Waals surface area contributed by atoms with Gasteiger partial charge in [0.25, 0.3) is 11.8 Å². The smallest absolute Gasteiger partial charge is 0.267 e. The van der Waals surface area contributed by atoms with Gasteiger partial charge in [-0.05, 0) is 49.2 Å². The summed E-state index contributed by atoms with van der Waals surface area (Å²) < 4.78 is 18.7. The maximum absolute atomic E-state index is 13.4. The number of ether oxygens (including phenoxy) is 1. The number of carbonyl (C=O) groups is 2. The molecule has 0 spiro atoms. The molecular weight excluding hydrogens is 393 g/mol. The van der Waals surface area contributed by atoms with E-state index in [1.54, 1.807) is 24.4 Å². The number of nitrogens with one attached hydrogen (secondary N) is 2. The predicted molar refractivity (Wildman–Crippen MR) is 109 cm³/mol. The molecule has 0 aliphatic heterocycles. The third-order valence-corrected chi connectivity index (χ3v) is 5.62. The van der Waals surface area contributed by atoms with Crippen LogP contribution in [0, 0.1) is 5.82 Å². The summed E-state index contributed by atoms with van der Waals surface area (Å²) >= 11 is 1.40. The highest BCUT2D eigenvalue weighted by atomic mass is 32.1. The number of carbonyl (C=O) groups excluding carboxylic acids is 2. The summed E-state index contributed by atoms with van der Waals surface area (Å²) in [6.45, 7) is 0. The molecule has 1 aliphatic rings. The molecule has 0 saturated heterocycles. The number of hydrogen-bond acceptors (Lipinski definition) is 5. The summed E-state index contributed by atoms with van der Waals surface area (Å²) in [7, 11) is 1.47. The maximum atomic E-state index is 13.4. The van der Waals surface area contributed by atoms with Gasteiger partial charge in [0, 0.05) is 17.2 Å². The summed E-state index contributed by atoms with van der Waals surface area (Å²) in [6, 6.07) is 10.3. The first-order valence-electron chi connectivity index (χ1n) is 9.05. The van der Waals surface area contributed by atoms with E-state index in [0.717, 1.165) is 23.9 Å². The van der Waals surface area contributed by atoms with Crippen molar-refractivity contribution in [2.75, 3.05) is 17.7 Å². The van der Waals surface area contributed by atoms with Crippen molar-refractivity contribution in [1.29, 1.82) is 0 Å². The number of halogens is 1. The third-order valence-electron chi connectivity index (χ3n) is 4.47. The first-order valence-corrected chi connectivity index (χ1v) is 9.87. The molecule has 1 aliphatic carbocycles. The Hall–Kier alpha value is -3.26. The quantitative estimate of drug-likeness (QED) is 0.618. The fraction of sp³-hybridized carbons (Fsp3) is 0.190. The number of aromatic nitrogens is 1. The number of rotatable bonds is 6. The average Bonchev–Trinajstić information content (AvgIpc) is 3.44. The van der Waals surface area contributed by atoms with Gasteiger partial charge in [0.15, 0.2) is 0 Å². The second-order valence-electron chi connectivity index (χ2n) is 6.67. The highest BCUT2D eigenvalue weighted by molar-refractivity contribution is 7.13. The van der Waals surface area contributed by atoms with Gasteiger partial charge in [-0.25, -0.2) is 9.37 Å². The Morgan fingerprint density at radius 3 is 2.69 bits per heavy atom. The Morgan fingerprint density at radius 1 is 1.14 bits per heavy atom. The number of methoxy groups -OCH3 is 1. The topological polar surface area (TPSA) is 80.3 Å². The van der Waals surface area contributed by atoms with Crippen LogP contribution in [0.2, 0.25) is 0 Å². The Labute approximate surface area is 170 Å². The molecule has 3 aromatic rings. The van der Waals surface area contributed by atoms with Gasteiger partial charge in [-0.1, -0.05) is 6.07 Å². The largest absolute Gasteiger partial charge is 0.495 e. The van der Waals surface area contributed by atoms with E-state index in [4.69, 9.17) is 4.74 Å². The van der Waals surface area contributed by atoms with Crippen LogP contribution in [0.25, 0.3) is 0 Å². The summed E-state index contributed by atoms with van der Waals surface area (Å²) in [5, 5.41) is 6.50. The monoisotopic (exact) mass is 411 g/mol. The molecule has 0 bridgehead atoms. The SMILES string of the molecule is COc1ccc(NC(=O)c2cnc(C3CC3)s2)cc1NC(=O)c1cccc(F)c1. The lowest BCUT2D eigenvalue weighted by Gasteiger charge is -2.13. The summed E-state index contributed by atoms with van der Waals surface area (Å²) in [5.74, 6) is -0.334. The van der Waals surface area contributed by atoms with E-state index in [2.05, 4.69) is 15.6 Å². The lowest BCUT2D eigenvalue weighted by atomic mass is 10.2. The van der Waals surface area contributed by atoms with Gasteiger partial charge in [0.2, 0.25) is 0 Å². The van der Waals surface area contributed by atoms with Gasteiger partial charge >= 0.3 is 0 Å². The first kappa shape index (κ1) is 19.1. The van der Waals surface area contributed by atoms with Crippen LogP contribution < -0.4 is 15.4 Å². The molecule has 1 fully saturated rings. The van der Waals surface area contributed by atoms with Crippen molar-refractivity contribution in [1.82, 2.24) is 4.98 Å². The van der Waals surface area contributed by atoms with Crippen LogP contribution in [0.15, 0.2) is 48.7 Å². The molecule has 0 radical (unpaired) electrons. The van der Waals surface area contributed by atoms with Crippen molar-refractivity contribution in [2.45, 2.75) is 18.8 Å². The molecule has 0 atom stereocenters. The van der Waals surface area contributed by atoms with Gasteiger partial charge in [0.1, 0.15) is 16.4 Å². The third kappa shape index (κ3) is 4.43. The Kier molecular flexibility index (Phi) is 5.26. The summed E-state index contributed by atoms with van der Waals surface area (Å²) in [5.41, 5.74) is 1.04. The van der Waals surface area contributed by atoms with E-state index in [0.29, 0.717) is 27.9 Å². The Bertz CT molecular complexity index is 1080. The van der Waals surface area contributed by atoms with Crippen LogP contribution in [-0.2, 0) is 0 Å². The van der Waals surface area contributed by atoms with Crippen molar-refractivity contribution in [3.05, 3.63) is 69.9 Å². The summed E-state index contributed by atoms with van der Waals surface area (Å²) in [6.07, 6.45) is 3.84. The van der Waals surface area contributed by atoms with E-state index in [1.807, 2.05) is 0 Å². The number of hydrogen-bond donors (Lipinski definition) is 2. The number of amides is 2. The molecule has 0 unspecified atom stereocenters. The van der Waals surface area contributed by atoms with Crippen LogP contribution in [0.1, 0.15) is 43.8 Å². The van der Waals surface area contributed by atoms with Crippen LogP contribution >= 0.6 is 11.3 Å². The maximum Gasteiger partial charge on any atom is 0.267 e. The average molecular weight is 411 g/mol. The van der Waals surface area contributed by atoms with E-state index in [-0.39, 0.29) is 11.5 Å². The molecule has 29 heavy (non-hydrogen) atoms. The van der Waals surface area contributed by atoms with Crippen molar-refractivity contribution < 1.29 is 18.7 Å². The molecule has 6 nitrogen and oxygen atoms in total. The van der Waals surface area contributed by atoms with Crippen LogP contribution in [0.3, 0.4) is 0 Å². The lowest BCUT2D eigenvalue weighted by molar-refractivity contribution is 0.102. The van der Waals surface area contributed by atoms with Gasteiger partial charge < -0.3 is 15.4 Å². The molecule has 1 heterocycles. The molecule has 8 heteroatoms. The second-order valence-corrected chi connectivity index (χ2v) is 7.73. The molecule has 1 saturated carbocycles. The normalized spacial score (nSPS) is 13.0. The summed E-state index contributed by atoms with van der Waals surface area (Å²) in [4.78, 5) is 29.8. The van der Waals surface area contributed by atoms with Gasteiger partial charge in [0.05, 0.1) is 24.0 Å². The standard InChI is InChI=1S/C21H18FN3O3S/c1-28-17-8-7-15(24-20(27)18-11-23-21(29-18)12-5-6-12)10-16(17)25-19(26)13-3-2-4-14(22)9-13/h2-4,7-12H,5-6H2,1H3,(H,24,27)(H,25,26). The fourth-order valence-electron chi connectivity index (χ4n) is 2.81. The zero-order valence-corrected chi connectivity index (χ0v) is 16.4. The van der Waals surface area contributed by atoms with Crippen molar-refractivity contribution in [3.8, 4) is 5.75 Å². The highest BCUT2D eigenvalue weighted by Gasteiger charge is 2.27. The van der Waals surface area contributed by atoms with Gasteiger partial charge in [-0.2, -0.15) is 0 Å². The molecule has 4 rings (SSSR count). The highest BCUT2D eigenvalue weighted by Crippen LogP contribution is 2.41. The van der Waals surface area contributed by atoms with Crippen LogP contribution in [-0.4, -0.2) is 23.9 Å². The number of thiazole rings is 1. The minimum absolute atomic E-state index is 0.179. The minimum Gasteiger partial charge on any atom is -0.495 e. The molecule has 2 N–H and O–H groups in total. The predicted octanol–water partition coefficient (Wildman–Crippen LogP) is 4.67. The molecule has 148 valence electrons. The van der Waals surface area contributed by atoms with E-state index >= 15 is 0 Å². The number of benzene rings is 2. The fourth-order valence-corrected chi connectivity index (χ4v) is 3.79. The Morgan fingerprint density at radius 2 is 1.97 bits per heavy atom. The molecule has 2 amide bonds. The first-order chi connectivity index (χ1) is 14.0. The van der Waals surface area contributed by atoms with E-state index in [9.17, 15) is 14.0 Å². The van der Waals surface area contributed by atoms with E-state index < -0.39 is 11.7 Å². The lowest BCUT2D eigenvalue weighted by Crippen LogP contribution is -2.14. The number of nitrogens with zero attached hydrogens (tertiary/aromatic N) is 1. The van der Waals surface area contributed by atoms with Crippen molar-refractivity contribution >= 4 is 34.5 Å². The zero-order chi connectivity index (χ0) is 20.4. The second kappa shape index (κ2) is 8.00. The van der Waals surface area contributed by atoms with Gasteiger partial charge in [-0.3, -0.25) is 9.59 Å². The molecule has 1 aromatic heterocycles. The molecule has 2 aromatic carbocycles.